The number of rotatable bonds is 2. The van der Waals surface area contributed by atoms with E-state index >= 15 is 0 Å². The van der Waals surface area contributed by atoms with Gasteiger partial charge in [-0.1, -0.05) is 19.3 Å². The second-order valence-corrected chi connectivity index (χ2v) is 6.29. The molecule has 0 spiro atoms. The van der Waals surface area contributed by atoms with Crippen molar-refractivity contribution in [1.82, 2.24) is 10.6 Å². The minimum atomic E-state index is 0.651. The lowest BCUT2D eigenvalue weighted by molar-refractivity contribution is 0.387. The molecule has 0 saturated heterocycles. The normalized spacial score (nSPS) is 37.9. The van der Waals surface area contributed by atoms with Crippen LogP contribution in [0.5, 0.6) is 0 Å². The average molecular weight is 238 g/mol. The summed E-state index contributed by atoms with van der Waals surface area (Å²) in [5.41, 5.74) is 0. The number of hydrogen-bond donors (Lipinski definition) is 2. The molecule has 0 amide bonds. The molecule has 2 N–H and O–H groups in total. The van der Waals surface area contributed by atoms with Gasteiger partial charge in [-0.25, -0.2) is 0 Å². The standard InChI is InChI=1S/C13H22N2S/c16-13(14-11-3-1-2-4-11)15-12-8-9-5-6-10(12)7-9/h9-12H,1-8H2,(H2,14,15,16)/t9-,10+,12-/m1/s1. The van der Waals surface area contributed by atoms with Gasteiger partial charge >= 0.3 is 0 Å². The molecule has 3 saturated carbocycles. The van der Waals surface area contributed by atoms with E-state index in [1.807, 2.05) is 0 Å². The SMILES string of the molecule is S=C(NC1CCCC1)N[C@@H]1C[C@@H]2CC[C@H]1C2. The van der Waals surface area contributed by atoms with Crippen molar-refractivity contribution >= 4 is 17.3 Å². The largest absolute Gasteiger partial charge is 0.360 e. The van der Waals surface area contributed by atoms with Gasteiger partial charge in [-0.3, -0.25) is 0 Å². The van der Waals surface area contributed by atoms with Crippen LogP contribution in [0, 0.1) is 11.8 Å². The summed E-state index contributed by atoms with van der Waals surface area (Å²) in [5, 5.41) is 7.96. The third-order valence-corrected chi connectivity index (χ3v) is 4.98. The molecule has 3 aliphatic carbocycles. The molecule has 90 valence electrons. The quantitative estimate of drug-likeness (QED) is 0.723. The smallest absolute Gasteiger partial charge is 0.166 e. The van der Waals surface area contributed by atoms with Crippen molar-refractivity contribution in [2.24, 2.45) is 11.8 Å². The predicted molar refractivity (Wildman–Crippen MR) is 70.4 cm³/mol. The van der Waals surface area contributed by atoms with Crippen LogP contribution in [0.2, 0.25) is 0 Å². The second-order valence-electron chi connectivity index (χ2n) is 5.88. The fourth-order valence-corrected chi connectivity index (χ4v) is 4.21. The number of hydrogen-bond acceptors (Lipinski definition) is 1. The van der Waals surface area contributed by atoms with Crippen LogP contribution in [-0.2, 0) is 0 Å². The van der Waals surface area contributed by atoms with Gasteiger partial charge in [0.05, 0.1) is 0 Å². The Bertz CT molecular complexity index is 273. The zero-order valence-corrected chi connectivity index (χ0v) is 10.7. The molecular weight excluding hydrogens is 216 g/mol. The third-order valence-electron chi connectivity index (χ3n) is 4.74. The first-order chi connectivity index (χ1) is 7.81. The van der Waals surface area contributed by atoms with E-state index in [2.05, 4.69) is 10.6 Å². The maximum Gasteiger partial charge on any atom is 0.166 e. The van der Waals surface area contributed by atoms with Crippen molar-refractivity contribution in [2.45, 2.75) is 63.5 Å². The molecule has 0 aromatic carbocycles. The first-order valence-corrected chi connectivity index (χ1v) is 7.29. The van der Waals surface area contributed by atoms with E-state index in [1.54, 1.807) is 0 Å². The summed E-state index contributed by atoms with van der Waals surface area (Å²) in [4.78, 5) is 0. The van der Waals surface area contributed by atoms with Gasteiger partial charge in [0.2, 0.25) is 0 Å². The van der Waals surface area contributed by atoms with Gasteiger partial charge in [-0.05, 0) is 56.2 Å². The summed E-state index contributed by atoms with van der Waals surface area (Å²) in [6, 6.07) is 1.33. The second kappa shape index (κ2) is 4.52. The average Bonchev–Trinajstić information content (AvgIpc) is 2.92. The lowest BCUT2D eigenvalue weighted by atomic mass is 9.95. The Morgan fingerprint density at radius 1 is 0.938 bits per heavy atom. The van der Waals surface area contributed by atoms with Crippen LogP contribution in [-0.4, -0.2) is 17.2 Å². The Hall–Kier alpha value is -0.310. The van der Waals surface area contributed by atoms with Gasteiger partial charge < -0.3 is 10.6 Å². The summed E-state index contributed by atoms with van der Waals surface area (Å²) < 4.78 is 0. The Labute approximate surface area is 104 Å². The first-order valence-electron chi connectivity index (χ1n) is 6.88. The maximum absolute atomic E-state index is 5.42. The van der Waals surface area contributed by atoms with Gasteiger partial charge in [0, 0.05) is 12.1 Å². The van der Waals surface area contributed by atoms with Gasteiger partial charge in [-0.15, -0.1) is 0 Å². The van der Waals surface area contributed by atoms with E-state index in [9.17, 15) is 0 Å². The van der Waals surface area contributed by atoms with Crippen LogP contribution in [0.3, 0.4) is 0 Å². The van der Waals surface area contributed by atoms with Crippen molar-refractivity contribution in [3.8, 4) is 0 Å². The zero-order chi connectivity index (χ0) is 11.0. The van der Waals surface area contributed by atoms with Crippen LogP contribution in [0.15, 0.2) is 0 Å². The van der Waals surface area contributed by atoms with Crippen LogP contribution < -0.4 is 10.6 Å². The molecule has 3 aliphatic rings. The molecule has 3 atom stereocenters. The molecule has 16 heavy (non-hydrogen) atoms. The molecular formula is C13H22N2S. The Kier molecular flexibility index (Phi) is 3.05. The first kappa shape index (κ1) is 10.8. The molecule has 0 heterocycles. The van der Waals surface area contributed by atoms with Crippen molar-refractivity contribution in [3.05, 3.63) is 0 Å². The van der Waals surface area contributed by atoms with E-state index in [4.69, 9.17) is 12.2 Å². The van der Waals surface area contributed by atoms with E-state index < -0.39 is 0 Å². The molecule has 0 aliphatic heterocycles. The van der Waals surface area contributed by atoms with E-state index in [1.165, 1.54) is 51.4 Å². The van der Waals surface area contributed by atoms with Gasteiger partial charge in [-0.2, -0.15) is 0 Å². The highest BCUT2D eigenvalue weighted by Crippen LogP contribution is 2.44. The molecule has 0 unspecified atom stereocenters. The number of nitrogens with one attached hydrogen (secondary N) is 2. The summed E-state index contributed by atoms with van der Waals surface area (Å²) in [7, 11) is 0. The van der Waals surface area contributed by atoms with Crippen molar-refractivity contribution in [2.75, 3.05) is 0 Å². The van der Waals surface area contributed by atoms with Crippen molar-refractivity contribution in [1.29, 1.82) is 0 Å². The molecule has 0 radical (unpaired) electrons. The highest BCUT2D eigenvalue weighted by atomic mass is 32.1. The summed E-state index contributed by atoms with van der Waals surface area (Å²) >= 11 is 5.42. The summed E-state index contributed by atoms with van der Waals surface area (Å²) in [6.45, 7) is 0. The molecule has 2 bridgehead atoms. The van der Waals surface area contributed by atoms with Gasteiger partial charge in [0.25, 0.3) is 0 Å². The fourth-order valence-electron chi connectivity index (χ4n) is 3.89. The molecule has 3 heteroatoms. The Morgan fingerprint density at radius 2 is 1.75 bits per heavy atom. The number of fused-ring (bicyclic) bond motifs is 2. The van der Waals surface area contributed by atoms with E-state index in [0.717, 1.165) is 16.9 Å². The fraction of sp³-hybridized carbons (Fsp3) is 0.923. The minimum Gasteiger partial charge on any atom is -0.360 e. The molecule has 2 nitrogen and oxygen atoms in total. The van der Waals surface area contributed by atoms with Crippen molar-refractivity contribution in [3.63, 3.8) is 0 Å². The minimum absolute atomic E-state index is 0.651. The Balaban J connectivity index is 1.45. The molecule has 3 rings (SSSR count). The van der Waals surface area contributed by atoms with Crippen LogP contribution in [0.25, 0.3) is 0 Å². The lowest BCUT2D eigenvalue weighted by Gasteiger charge is -2.26. The van der Waals surface area contributed by atoms with Gasteiger partial charge in [0.1, 0.15) is 0 Å². The Morgan fingerprint density at radius 3 is 2.38 bits per heavy atom. The predicted octanol–water partition coefficient (Wildman–Crippen LogP) is 2.58. The zero-order valence-electron chi connectivity index (χ0n) is 9.87. The summed E-state index contributed by atoms with van der Waals surface area (Å²) in [6.07, 6.45) is 11.0. The van der Waals surface area contributed by atoms with Crippen molar-refractivity contribution < 1.29 is 0 Å². The molecule has 0 aromatic rings. The van der Waals surface area contributed by atoms with E-state index in [-0.39, 0.29) is 0 Å². The van der Waals surface area contributed by atoms with E-state index in [0.29, 0.717) is 12.1 Å². The van der Waals surface area contributed by atoms with Crippen LogP contribution in [0.4, 0.5) is 0 Å². The monoisotopic (exact) mass is 238 g/mol. The number of thiocarbonyl (C=S) groups is 1. The molecule has 3 fully saturated rings. The van der Waals surface area contributed by atoms with Crippen LogP contribution in [0.1, 0.15) is 51.4 Å². The summed E-state index contributed by atoms with van der Waals surface area (Å²) in [5.74, 6) is 1.91. The van der Waals surface area contributed by atoms with Crippen LogP contribution >= 0.6 is 12.2 Å². The van der Waals surface area contributed by atoms with Gasteiger partial charge in [0.15, 0.2) is 5.11 Å². The molecule has 0 aromatic heterocycles. The highest BCUT2D eigenvalue weighted by molar-refractivity contribution is 7.80. The topological polar surface area (TPSA) is 24.1 Å². The maximum atomic E-state index is 5.42. The third kappa shape index (κ3) is 2.20. The lowest BCUT2D eigenvalue weighted by Crippen LogP contribution is -2.47. The highest BCUT2D eigenvalue weighted by Gasteiger charge is 2.39.